The van der Waals surface area contributed by atoms with Gasteiger partial charge in [0.1, 0.15) is 18.1 Å². The van der Waals surface area contributed by atoms with Crippen molar-refractivity contribution in [1.29, 1.82) is 0 Å². The van der Waals surface area contributed by atoms with Gasteiger partial charge in [-0.05, 0) is 36.2 Å². The number of rotatable bonds is 9. The predicted octanol–water partition coefficient (Wildman–Crippen LogP) is 4.10. The molecule has 1 aromatic heterocycles. The molecule has 1 aliphatic heterocycles. The molecule has 0 unspecified atom stereocenters. The Labute approximate surface area is 261 Å². The van der Waals surface area contributed by atoms with Crippen LogP contribution in [0.5, 0.6) is 0 Å². The standard InChI is InChI=1S/C33H43F2N5O5/c1-32(2,3)26(30(43)40-19-23-22(25(40)31(44)45)14-15-33(23,34)35)38-28(41)24(21-12-8-5-9-13-21)37-29(42)27-36-16-17-39(27)18-20-10-6-4-7-11-20/h4,6-7,10-11,16-17,21-26H,5,8-9,12-15,18-19H2,1-3H3,(H,37,42)(H,38,41)(H,44,45)/t22-,23-,24-,25-,26+/m0/s1. The maximum absolute atomic E-state index is 14.7. The largest absolute Gasteiger partial charge is 0.480 e. The zero-order valence-electron chi connectivity index (χ0n) is 26.0. The van der Waals surface area contributed by atoms with Gasteiger partial charge >= 0.3 is 5.97 Å². The molecule has 0 bridgehead atoms. The number of hydrogen-bond donors (Lipinski definition) is 3. The Bertz CT molecular complexity index is 1400. The molecule has 3 aliphatic rings. The number of hydrogen-bond acceptors (Lipinski definition) is 5. The molecular weight excluding hydrogens is 584 g/mol. The third-order valence-electron chi connectivity index (χ3n) is 9.75. The van der Waals surface area contributed by atoms with Crippen LogP contribution in [-0.4, -0.2) is 73.8 Å². The molecular formula is C33H43F2N5O5. The third-order valence-corrected chi connectivity index (χ3v) is 9.75. The smallest absolute Gasteiger partial charge is 0.326 e. The van der Waals surface area contributed by atoms with E-state index in [0.29, 0.717) is 19.4 Å². The van der Waals surface area contributed by atoms with Gasteiger partial charge in [-0.15, -0.1) is 0 Å². The molecule has 2 aliphatic carbocycles. The average molecular weight is 628 g/mol. The molecule has 244 valence electrons. The maximum Gasteiger partial charge on any atom is 0.326 e. The SMILES string of the molecule is CC(C)(C)[C@H](NC(=O)[C@@H](NC(=O)c1nccn1Cc1ccccc1)C1CCCCC1)C(=O)N1C[C@H]2[C@H](CCC2(F)F)[C@H]1C(=O)O. The van der Waals surface area contributed by atoms with Crippen molar-refractivity contribution < 1.29 is 33.1 Å². The number of nitrogens with zero attached hydrogens (tertiary/aromatic N) is 3. The molecule has 10 nitrogen and oxygen atoms in total. The van der Waals surface area contributed by atoms with Crippen LogP contribution in [0.25, 0.3) is 0 Å². The summed E-state index contributed by atoms with van der Waals surface area (Å²) >= 11 is 0. The van der Waals surface area contributed by atoms with E-state index >= 15 is 0 Å². The third kappa shape index (κ3) is 6.89. The topological polar surface area (TPSA) is 134 Å². The summed E-state index contributed by atoms with van der Waals surface area (Å²) in [6.07, 6.45) is 7.03. The number of likely N-dealkylation sites (tertiary alicyclic amines) is 1. The first-order chi connectivity index (χ1) is 21.3. The number of imidazole rings is 1. The minimum absolute atomic E-state index is 0.0147. The van der Waals surface area contributed by atoms with Crippen molar-refractivity contribution in [1.82, 2.24) is 25.1 Å². The zero-order valence-corrected chi connectivity index (χ0v) is 26.0. The number of carbonyl (C=O) groups excluding carboxylic acids is 3. The fourth-order valence-electron chi connectivity index (χ4n) is 7.35. The van der Waals surface area contributed by atoms with Gasteiger partial charge in [-0.3, -0.25) is 14.4 Å². The fraction of sp³-hybridized carbons (Fsp3) is 0.606. The summed E-state index contributed by atoms with van der Waals surface area (Å²) in [4.78, 5) is 59.2. The molecule has 1 saturated heterocycles. The Morgan fingerprint density at radius 1 is 1.04 bits per heavy atom. The Morgan fingerprint density at radius 2 is 1.73 bits per heavy atom. The van der Waals surface area contributed by atoms with Crippen molar-refractivity contribution >= 4 is 23.7 Å². The van der Waals surface area contributed by atoms with E-state index in [1.54, 1.807) is 31.5 Å². The second-order valence-electron chi connectivity index (χ2n) is 13.9. The second-order valence-corrected chi connectivity index (χ2v) is 13.9. The number of carbonyl (C=O) groups is 4. The molecule has 0 radical (unpaired) electrons. The number of carboxylic acid groups (broad SMARTS) is 1. The molecule has 0 spiro atoms. The first-order valence-electron chi connectivity index (χ1n) is 15.9. The summed E-state index contributed by atoms with van der Waals surface area (Å²) in [6.45, 7) is 5.21. The van der Waals surface area contributed by atoms with E-state index in [0.717, 1.165) is 29.7 Å². The summed E-state index contributed by atoms with van der Waals surface area (Å²) in [7, 11) is 0. The molecule has 45 heavy (non-hydrogen) atoms. The van der Waals surface area contributed by atoms with Crippen LogP contribution in [0.2, 0.25) is 0 Å². The molecule has 3 N–H and O–H groups in total. The summed E-state index contributed by atoms with van der Waals surface area (Å²) < 4.78 is 31.0. The van der Waals surface area contributed by atoms with Gasteiger partial charge in [-0.2, -0.15) is 0 Å². The van der Waals surface area contributed by atoms with Crippen molar-refractivity contribution in [3.8, 4) is 0 Å². The lowest BCUT2D eigenvalue weighted by atomic mass is 9.82. The van der Waals surface area contributed by atoms with E-state index in [1.807, 2.05) is 30.3 Å². The minimum atomic E-state index is -3.06. The van der Waals surface area contributed by atoms with Crippen LogP contribution < -0.4 is 10.6 Å². The van der Waals surface area contributed by atoms with E-state index in [4.69, 9.17) is 0 Å². The predicted molar refractivity (Wildman–Crippen MR) is 161 cm³/mol. The highest BCUT2D eigenvalue weighted by Crippen LogP contribution is 2.51. The Morgan fingerprint density at radius 3 is 2.38 bits per heavy atom. The monoisotopic (exact) mass is 627 g/mol. The van der Waals surface area contributed by atoms with E-state index < -0.39 is 71.4 Å². The van der Waals surface area contributed by atoms with E-state index in [9.17, 15) is 33.1 Å². The molecule has 2 heterocycles. The Kier molecular flexibility index (Phi) is 9.32. The summed E-state index contributed by atoms with van der Waals surface area (Å²) in [5.41, 5.74) is 0.0874. The number of carboxylic acids is 1. The maximum atomic E-state index is 14.7. The van der Waals surface area contributed by atoms with Crippen LogP contribution in [0, 0.1) is 23.2 Å². The number of nitrogens with one attached hydrogen (secondary N) is 2. The molecule has 5 atom stereocenters. The number of benzene rings is 1. The fourth-order valence-corrected chi connectivity index (χ4v) is 7.35. The first kappa shape index (κ1) is 32.6. The summed E-state index contributed by atoms with van der Waals surface area (Å²) in [5, 5.41) is 15.7. The van der Waals surface area contributed by atoms with Crippen LogP contribution in [-0.2, 0) is 20.9 Å². The van der Waals surface area contributed by atoms with Gasteiger partial charge in [-0.1, -0.05) is 70.4 Å². The summed E-state index contributed by atoms with van der Waals surface area (Å²) in [5.74, 6) is -8.33. The molecule has 3 fully saturated rings. The number of alkyl halides is 2. The molecule has 12 heteroatoms. The van der Waals surface area contributed by atoms with Crippen LogP contribution in [0.3, 0.4) is 0 Å². The van der Waals surface area contributed by atoms with Gasteiger partial charge in [0.25, 0.3) is 11.8 Å². The zero-order chi connectivity index (χ0) is 32.5. The van der Waals surface area contributed by atoms with Crippen molar-refractivity contribution in [2.45, 2.75) is 96.3 Å². The van der Waals surface area contributed by atoms with Gasteiger partial charge in [0.15, 0.2) is 5.82 Å². The number of amides is 3. The molecule has 1 aromatic carbocycles. The molecule has 2 aromatic rings. The molecule has 2 saturated carbocycles. The van der Waals surface area contributed by atoms with Gasteiger partial charge in [-0.25, -0.2) is 18.6 Å². The highest BCUT2D eigenvalue weighted by molar-refractivity contribution is 5.97. The lowest BCUT2D eigenvalue weighted by Crippen LogP contribution is -2.61. The number of fused-ring (bicyclic) bond motifs is 1. The Balaban J connectivity index is 1.37. The van der Waals surface area contributed by atoms with Gasteiger partial charge in [0.2, 0.25) is 11.8 Å². The van der Waals surface area contributed by atoms with Gasteiger partial charge in [0.05, 0.1) is 0 Å². The van der Waals surface area contributed by atoms with E-state index in [2.05, 4.69) is 15.6 Å². The average Bonchev–Trinajstić information content (AvgIpc) is 3.70. The number of aromatic nitrogens is 2. The van der Waals surface area contributed by atoms with E-state index in [-0.39, 0.29) is 24.7 Å². The van der Waals surface area contributed by atoms with Crippen LogP contribution in [0.4, 0.5) is 8.78 Å². The molecule has 5 rings (SSSR count). The van der Waals surface area contributed by atoms with Crippen molar-refractivity contribution in [3.05, 3.63) is 54.1 Å². The first-order valence-corrected chi connectivity index (χ1v) is 15.9. The van der Waals surface area contributed by atoms with Crippen LogP contribution in [0.15, 0.2) is 42.7 Å². The quantitative estimate of drug-likeness (QED) is 0.384. The summed E-state index contributed by atoms with van der Waals surface area (Å²) in [6, 6.07) is 6.01. The van der Waals surface area contributed by atoms with Gasteiger partial charge in [0, 0.05) is 43.7 Å². The van der Waals surface area contributed by atoms with Crippen molar-refractivity contribution in [3.63, 3.8) is 0 Å². The second kappa shape index (κ2) is 12.9. The highest BCUT2D eigenvalue weighted by Gasteiger charge is 2.61. The number of aliphatic carboxylic acids is 1. The minimum Gasteiger partial charge on any atom is -0.480 e. The lowest BCUT2D eigenvalue weighted by molar-refractivity contribution is -0.152. The normalized spacial score (nSPS) is 24.5. The lowest BCUT2D eigenvalue weighted by Gasteiger charge is -2.37. The van der Waals surface area contributed by atoms with Gasteiger partial charge < -0.3 is 25.2 Å². The molecule has 3 amide bonds. The Hall–Kier alpha value is -3.83. The highest BCUT2D eigenvalue weighted by atomic mass is 19.3. The van der Waals surface area contributed by atoms with Crippen LogP contribution in [0.1, 0.15) is 81.9 Å². The van der Waals surface area contributed by atoms with E-state index in [1.165, 1.54) is 6.20 Å². The van der Waals surface area contributed by atoms with Crippen LogP contribution >= 0.6 is 0 Å². The number of halogens is 2. The van der Waals surface area contributed by atoms with Crippen molar-refractivity contribution in [2.75, 3.05) is 6.54 Å². The van der Waals surface area contributed by atoms with Crippen molar-refractivity contribution in [2.24, 2.45) is 23.2 Å².